The maximum Gasteiger partial charge on any atom is 0.212 e. The van der Waals surface area contributed by atoms with E-state index < -0.39 is 10.0 Å². The molecular formula is C15H32N2O2S. The molecule has 0 aromatic carbocycles. The summed E-state index contributed by atoms with van der Waals surface area (Å²) in [5.41, 5.74) is 0. The van der Waals surface area contributed by atoms with Crippen LogP contribution in [0.4, 0.5) is 0 Å². The van der Waals surface area contributed by atoms with Gasteiger partial charge in [0.2, 0.25) is 10.0 Å². The van der Waals surface area contributed by atoms with Crippen molar-refractivity contribution in [3.8, 4) is 0 Å². The van der Waals surface area contributed by atoms with Crippen LogP contribution < -0.4 is 4.72 Å². The van der Waals surface area contributed by atoms with Crippen LogP contribution in [0, 0.1) is 11.8 Å². The summed E-state index contributed by atoms with van der Waals surface area (Å²) in [5.74, 6) is 1.22. The summed E-state index contributed by atoms with van der Waals surface area (Å²) in [4.78, 5) is 2.39. The van der Waals surface area contributed by atoms with Gasteiger partial charge in [-0.15, -0.1) is 0 Å². The summed E-state index contributed by atoms with van der Waals surface area (Å²) in [6.07, 6.45) is 4.54. The molecule has 3 atom stereocenters. The van der Waals surface area contributed by atoms with Crippen LogP contribution >= 0.6 is 0 Å². The average molecular weight is 305 g/mol. The Balaban J connectivity index is 2.38. The molecule has 1 aliphatic heterocycles. The molecule has 1 fully saturated rings. The van der Waals surface area contributed by atoms with Crippen molar-refractivity contribution in [1.82, 2.24) is 9.62 Å². The quantitative estimate of drug-likeness (QED) is 0.749. The van der Waals surface area contributed by atoms with E-state index >= 15 is 0 Å². The zero-order valence-electron chi connectivity index (χ0n) is 13.6. The number of likely N-dealkylation sites (tertiary alicyclic amines) is 1. The Bertz CT molecular complexity index is 370. The summed E-state index contributed by atoms with van der Waals surface area (Å²) in [7, 11) is -3.14. The van der Waals surface area contributed by atoms with Gasteiger partial charge in [0.05, 0.1) is 5.75 Å². The standard InChI is InChI=1S/C15H32N2O2S/c1-5-7-14(3)12-20(18,19)16-15(4)11-17-9-6-8-13(2)10-17/h13-16H,5-12H2,1-4H3. The number of piperidine rings is 1. The lowest BCUT2D eigenvalue weighted by Gasteiger charge is -2.32. The lowest BCUT2D eigenvalue weighted by Crippen LogP contribution is -2.46. The number of rotatable bonds is 8. The number of nitrogens with zero attached hydrogens (tertiary/aromatic N) is 1. The van der Waals surface area contributed by atoms with E-state index in [4.69, 9.17) is 0 Å². The predicted octanol–water partition coefficient (Wildman–Crippen LogP) is 2.46. The van der Waals surface area contributed by atoms with Crippen molar-refractivity contribution in [3.63, 3.8) is 0 Å². The first-order valence-electron chi connectivity index (χ1n) is 8.04. The minimum Gasteiger partial charge on any atom is -0.301 e. The summed E-state index contributed by atoms with van der Waals surface area (Å²) in [6.45, 7) is 11.4. The van der Waals surface area contributed by atoms with Gasteiger partial charge in [0, 0.05) is 19.1 Å². The highest BCUT2D eigenvalue weighted by Crippen LogP contribution is 2.15. The summed E-state index contributed by atoms with van der Waals surface area (Å²) in [5, 5.41) is 0. The van der Waals surface area contributed by atoms with Crippen molar-refractivity contribution in [2.75, 3.05) is 25.4 Å². The molecule has 0 radical (unpaired) electrons. The van der Waals surface area contributed by atoms with Gasteiger partial charge in [-0.1, -0.05) is 27.2 Å². The highest BCUT2D eigenvalue weighted by atomic mass is 32.2. The number of nitrogens with one attached hydrogen (secondary N) is 1. The Hall–Kier alpha value is -0.130. The van der Waals surface area contributed by atoms with E-state index in [-0.39, 0.29) is 17.7 Å². The first-order chi connectivity index (χ1) is 9.32. The van der Waals surface area contributed by atoms with E-state index in [0.717, 1.165) is 38.4 Å². The van der Waals surface area contributed by atoms with Gasteiger partial charge in [-0.05, 0) is 44.6 Å². The maximum absolute atomic E-state index is 12.1. The minimum absolute atomic E-state index is 0.000809. The van der Waals surface area contributed by atoms with Crippen molar-refractivity contribution in [1.29, 1.82) is 0 Å². The molecule has 0 spiro atoms. The molecule has 0 bridgehead atoms. The van der Waals surface area contributed by atoms with Gasteiger partial charge in [0.25, 0.3) is 0 Å². The van der Waals surface area contributed by atoms with Crippen molar-refractivity contribution in [2.24, 2.45) is 11.8 Å². The first kappa shape index (κ1) is 17.9. The molecule has 120 valence electrons. The topological polar surface area (TPSA) is 49.4 Å². The molecule has 0 aliphatic carbocycles. The summed E-state index contributed by atoms with van der Waals surface area (Å²) in [6, 6.07) is -0.000809. The van der Waals surface area contributed by atoms with Crippen LogP contribution in [0.3, 0.4) is 0 Å². The van der Waals surface area contributed by atoms with E-state index in [1.807, 2.05) is 13.8 Å². The number of hydrogen-bond donors (Lipinski definition) is 1. The molecule has 20 heavy (non-hydrogen) atoms. The summed E-state index contributed by atoms with van der Waals surface area (Å²) >= 11 is 0. The fourth-order valence-corrected chi connectivity index (χ4v) is 4.88. The van der Waals surface area contributed by atoms with Crippen LogP contribution in [0.15, 0.2) is 0 Å². The molecular weight excluding hydrogens is 272 g/mol. The molecule has 0 aromatic rings. The molecule has 1 heterocycles. The highest BCUT2D eigenvalue weighted by molar-refractivity contribution is 7.89. The predicted molar refractivity (Wildman–Crippen MR) is 85.3 cm³/mol. The third-order valence-corrected chi connectivity index (χ3v) is 5.71. The Morgan fingerprint density at radius 2 is 2.05 bits per heavy atom. The van der Waals surface area contributed by atoms with Crippen molar-refractivity contribution >= 4 is 10.0 Å². The number of hydrogen-bond acceptors (Lipinski definition) is 3. The summed E-state index contributed by atoms with van der Waals surface area (Å²) < 4.78 is 27.0. The second-order valence-corrected chi connectivity index (χ2v) is 8.50. The average Bonchev–Trinajstić information content (AvgIpc) is 2.26. The Morgan fingerprint density at radius 3 is 2.65 bits per heavy atom. The lowest BCUT2D eigenvalue weighted by molar-refractivity contribution is 0.174. The van der Waals surface area contributed by atoms with Gasteiger partial charge in [-0.2, -0.15) is 0 Å². The molecule has 3 unspecified atom stereocenters. The van der Waals surface area contributed by atoms with Crippen molar-refractivity contribution in [3.05, 3.63) is 0 Å². The van der Waals surface area contributed by atoms with Gasteiger partial charge in [-0.3, -0.25) is 0 Å². The van der Waals surface area contributed by atoms with Crippen molar-refractivity contribution in [2.45, 2.75) is 59.4 Å². The van der Waals surface area contributed by atoms with Gasteiger partial charge in [0.15, 0.2) is 0 Å². The Kier molecular flexibility index (Phi) is 7.48. The molecule has 1 N–H and O–H groups in total. The Labute approximate surface area is 125 Å². The fraction of sp³-hybridized carbons (Fsp3) is 1.00. The van der Waals surface area contributed by atoms with E-state index in [9.17, 15) is 8.42 Å². The van der Waals surface area contributed by atoms with E-state index in [1.54, 1.807) is 0 Å². The molecule has 1 aliphatic rings. The van der Waals surface area contributed by atoms with Gasteiger partial charge < -0.3 is 4.90 Å². The van der Waals surface area contributed by atoms with Crippen LogP contribution in [-0.2, 0) is 10.0 Å². The van der Waals surface area contributed by atoms with Crippen LogP contribution in [-0.4, -0.2) is 44.7 Å². The zero-order chi connectivity index (χ0) is 15.2. The second-order valence-electron chi connectivity index (χ2n) is 6.70. The molecule has 5 heteroatoms. The lowest BCUT2D eigenvalue weighted by atomic mass is 10.00. The SMILES string of the molecule is CCCC(C)CS(=O)(=O)NC(C)CN1CCCC(C)C1. The Morgan fingerprint density at radius 1 is 1.35 bits per heavy atom. The minimum atomic E-state index is -3.14. The first-order valence-corrected chi connectivity index (χ1v) is 9.70. The maximum atomic E-state index is 12.1. The zero-order valence-corrected chi connectivity index (χ0v) is 14.4. The third kappa shape index (κ3) is 7.04. The molecule has 0 amide bonds. The fourth-order valence-electron chi connectivity index (χ4n) is 3.18. The van der Waals surface area contributed by atoms with Gasteiger partial charge in [0.1, 0.15) is 0 Å². The normalized spacial score (nSPS) is 24.5. The third-order valence-electron chi connectivity index (χ3n) is 3.94. The largest absolute Gasteiger partial charge is 0.301 e. The van der Waals surface area contributed by atoms with Crippen LogP contribution in [0.2, 0.25) is 0 Å². The second kappa shape index (κ2) is 8.35. The smallest absolute Gasteiger partial charge is 0.212 e. The van der Waals surface area contributed by atoms with Gasteiger partial charge in [-0.25, -0.2) is 13.1 Å². The van der Waals surface area contributed by atoms with E-state index in [2.05, 4.69) is 23.5 Å². The van der Waals surface area contributed by atoms with Crippen LogP contribution in [0.1, 0.15) is 53.4 Å². The molecule has 1 rings (SSSR count). The molecule has 1 saturated heterocycles. The van der Waals surface area contributed by atoms with Crippen LogP contribution in [0.5, 0.6) is 0 Å². The molecule has 4 nitrogen and oxygen atoms in total. The van der Waals surface area contributed by atoms with E-state index in [0.29, 0.717) is 0 Å². The molecule has 0 aromatic heterocycles. The van der Waals surface area contributed by atoms with E-state index in [1.165, 1.54) is 12.8 Å². The van der Waals surface area contributed by atoms with Crippen LogP contribution in [0.25, 0.3) is 0 Å². The highest BCUT2D eigenvalue weighted by Gasteiger charge is 2.22. The van der Waals surface area contributed by atoms with Crippen molar-refractivity contribution < 1.29 is 8.42 Å². The van der Waals surface area contributed by atoms with Gasteiger partial charge >= 0.3 is 0 Å². The monoisotopic (exact) mass is 304 g/mol. The molecule has 0 saturated carbocycles. The number of sulfonamides is 1.